The van der Waals surface area contributed by atoms with Crippen molar-refractivity contribution in [2.75, 3.05) is 5.32 Å². The van der Waals surface area contributed by atoms with Gasteiger partial charge in [0.2, 0.25) is 5.91 Å². The van der Waals surface area contributed by atoms with Gasteiger partial charge in [-0.2, -0.15) is 0 Å². The summed E-state index contributed by atoms with van der Waals surface area (Å²) in [5.41, 5.74) is 0.705. The van der Waals surface area contributed by atoms with Crippen molar-refractivity contribution in [3.63, 3.8) is 0 Å². The minimum absolute atomic E-state index is 0.113. The smallest absolute Gasteiger partial charge is 0.228 e. The highest BCUT2D eigenvalue weighted by molar-refractivity contribution is 6.51. The van der Waals surface area contributed by atoms with E-state index in [-0.39, 0.29) is 11.8 Å². The summed E-state index contributed by atoms with van der Waals surface area (Å²) in [5.74, 6) is 2.10. The molecule has 1 N–H and O–H groups in total. The van der Waals surface area contributed by atoms with E-state index in [2.05, 4.69) is 5.32 Å². The third-order valence-corrected chi connectivity index (χ3v) is 7.20. The van der Waals surface area contributed by atoms with Gasteiger partial charge in [-0.1, -0.05) is 23.7 Å². The molecule has 1 amide bonds. The first-order valence-electron chi connectivity index (χ1n) is 7.93. The summed E-state index contributed by atoms with van der Waals surface area (Å²) in [6.07, 6.45) is 4.23. The molecule has 22 heavy (non-hydrogen) atoms. The predicted octanol–water partition coefficient (Wildman–Crippen LogP) is 5.13. The fourth-order valence-electron chi connectivity index (χ4n) is 4.39. The second kappa shape index (κ2) is 5.29. The van der Waals surface area contributed by atoms with Crippen LogP contribution in [0.15, 0.2) is 24.3 Å². The van der Waals surface area contributed by atoms with E-state index in [9.17, 15) is 4.79 Å². The summed E-state index contributed by atoms with van der Waals surface area (Å²) in [5, 5.41) is 3.57. The molecule has 0 saturated heterocycles. The number of benzene rings is 1. The molecule has 5 heteroatoms. The minimum atomic E-state index is -0.494. The van der Waals surface area contributed by atoms with Crippen LogP contribution in [0.2, 0.25) is 5.02 Å². The first-order chi connectivity index (χ1) is 10.5. The zero-order valence-electron chi connectivity index (χ0n) is 12.1. The van der Waals surface area contributed by atoms with E-state index in [1.54, 1.807) is 6.07 Å². The van der Waals surface area contributed by atoms with E-state index in [1.807, 2.05) is 18.2 Å². The van der Waals surface area contributed by atoms with E-state index in [0.29, 0.717) is 34.4 Å². The Morgan fingerprint density at radius 1 is 1.05 bits per heavy atom. The number of amides is 1. The Morgan fingerprint density at radius 2 is 1.64 bits per heavy atom. The number of fused-ring (bicyclic) bond motifs is 2. The molecule has 0 spiro atoms. The van der Waals surface area contributed by atoms with Gasteiger partial charge in [-0.25, -0.2) is 0 Å². The van der Waals surface area contributed by atoms with Crippen LogP contribution in [-0.2, 0) is 4.79 Å². The average Bonchev–Trinajstić information content (AvgIpc) is 3.26. The molecule has 0 heterocycles. The number of alkyl halides is 2. The van der Waals surface area contributed by atoms with Crippen molar-refractivity contribution in [1.29, 1.82) is 0 Å². The van der Waals surface area contributed by atoms with Gasteiger partial charge in [0, 0.05) is 5.92 Å². The molecule has 0 aromatic heterocycles. The van der Waals surface area contributed by atoms with Crippen LogP contribution in [0.3, 0.4) is 0 Å². The van der Waals surface area contributed by atoms with Gasteiger partial charge in [0.1, 0.15) is 4.33 Å². The fourth-order valence-corrected chi connectivity index (χ4v) is 5.49. The number of halogens is 3. The molecule has 1 aromatic rings. The van der Waals surface area contributed by atoms with Gasteiger partial charge in [-0.05, 0) is 61.5 Å². The Labute approximate surface area is 145 Å². The van der Waals surface area contributed by atoms with Crippen LogP contribution in [0.5, 0.6) is 0 Å². The Kier molecular flexibility index (Phi) is 3.63. The van der Waals surface area contributed by atoms with Crippen molar-refractivity contribution in [3.05, 3.63) is 29.3 Å². The second-order valence-corrected chi connectivity index (χ2v) is 8.72. The highest BCUT2D eigenvalue weighted by Gasteiger charge is 2.65. The number of para-hydroxylation sites is 1. The highest BCUT2D eigenvalue weighted by atomic mass is 35.5. The SMILES string of the molecule is O=C(Nc1ccccc1Cl)C1[C@H]2CC[C@@H]3[C@H](CC[C@@H]12)C3(Cl)Cl. The Hall–Kier alpha value is -0.440. The van der Waals surface area contributed by atoms with Gasteiger partial charge in [-0.3, -0.25) is 4.79 Å². The van der Waals surface area contributed by atoms with Gasteiger partial charge in [0.25, 0.3) is 0 Å². The summed E-state index contributed by atoms with van der Waals surface area (Å²) in [6.45, 7) is 0. The molecule has 1 unspecified atom stereocenters. The van der Waals surface area contributed by atoms with E-state index in [4.69, 9.17) is 34.8 Å². The van der Waals surface area contributed by atoms with E-state index >= 15 is 0 Å². The van der Waals surface area contributed by atoms with Crippen LogP contribution in [-0.4, -0.2) is 10.2 Å². The molecule has 0 aliphatic heterocycles. The number of hydrogen-bond donors (Lipinski definition) is 1. The summed E-state index contributed by atoms with van der Waals surface area (Å²) < 4.78 is -0.494. The first kappa shape index (κ1) is 15.1. The van der Waals surface area contributed by atoms with Gasteiger partial charge < -0.3 is 5.32 Å². The third kappa shape index (κ3) is 2.44. The predicted molar refractivity (Wildman–Crippen MR) is 90.4 cm³/mol. The largest absolute Gasteiger partial charge is 0.325 e. The van der Waals surface area contributed by atoms with Crippen molar-refractivity contribution >= 4 is 46.4 Å². The lowest BCUT2D eigenvalue weighted by atomic mass is 10.0. The molecule has 1 aromatic carbocycles. The number of hydrogen-bond acceptors (Lipinski definition) is 1. The van der Waals surface area contributed by atoms with Crippen LogP contribution < -0.4 is 5.32 Å². The van der Waals surface area contributed by atoms with Gasteiger partial charge in [-0.15, -0.1) is 23.2 Å². The van der Waals surface area contributed by atoms with E-state index in [0.717, 1.165) is 25.7 Å². The maximum Gasteiger partial charge on any atom is 0.228 e. The molecule has 0 bridgehead atoms. The van der Waals surface area contributed by atoms with Gasteiger partial charge in [0.15, 0.2) is 0 Å². The standard InChI is InChI=1S/C17H18Cl3NO/c18-13-3-1-2-4-14(13)21-16(22)15-9-5-7-11-12(17(11,19)20)8-6-10(9)15/h1-4,9-12,15H,5-8H2,(H,21,22)/t9-,10+,11+,12-,15?. The molecule has 2 nitrogen and oxygen atoms in total. The zero-order valence-corrected chi connectivity index (χ0v) is 14.3. The average molecular weight is 359 g/mol. The van der Waals surface area contributed by atoms with Crippen LogP contribution >= 0.6 is 34.8 Å². The molecule has 3 fully saturated rings. The monoisotopic (exact) mass is 357 g/mol. The van der Waals surface area contributed by atoms with Crippen molar-refractivity contribution in [3.8, 4) is 0 Å². The van der Waals surface area contributed by atoms with Crippen molar-refractivity contribution in [2.24, 2.45) is 29.6 Å². The van der Waals surface area contributed by atoms with E-state index < -0.39 is 4.33 Å². The molecule has 5 atom stereocenters. The van der Waals surface area contributed by atoms with E-state index in [1.165, 1.54) is 0 Å². The van der Waals surface area contributed by atoms with Crippen LogP contribution in [0, 0.1) is 29.6 Å². The highest BCUT2D eigenvalue weighted by Crippen LogP contribution is 2.67. The number of carbonyl (C=O) groups is 1. The van der Waals surface area contributed by atoms with Gasteiger partial charge >= 0.3 is 0 Å². The number of rotatable bonds is 2. The molecule has 3 aliphatic carbocycles. The van der Waals surface area contributed by atoms with Crippen LogP contribution in [0.4, 0.5) is 5.69 Å². The Morgan fingerprint density at radius 3 is 2.23 bits per heavy atom. The van der Waals surface area contributed by atoms with Gasteiger partial charge in [0.05, 0.1) is 10.7 Å². The Balaban J connectivity index is 1.40. The summed E-state index contributed by atoms with van der Waals surface area (Å²) in [4.78, 5) is 12.5. The number of nitrogens with one attached hydrogen (secondary N) is 1. The lowest BCUT2D eigenvalue weighted by Crippen LogP contribution is -2.16. The molecule has 118 valence electrons. The summed E-state index contributed by atoms with van der Waals surface area (Å²) in [6, 6.07) is 7.38. The maximum absolute atomic E-state index is 12.5. The Bertz CT molecular complexity index is 596. The molecule has 4 rings (SSSR count). The maximum atomic E-state index is 12.5. The fraction of sp³-hybridized carbons (Fsp3) is 0.588. The first-order valence-corrected chi connectivity index (χ1v) is 9.06. The molecule has 3 aliphatic rings. The minimum Gasteiger partial charge on any atom is -0.325 e. The zero-order chi connectivity index (χ0) is 15.5. The molecular weight excluding hydrogens is 341 g/mol. The van der Waals surface area contributed by atoms with Crippen molar-refractivity contribution in [2.45, 2.75) is 30.0 Å². The van der Waals surface area contributed by atoms with Crippen LogP contribution in [0.1, 0.15) is 25.7 Å². The number of carbonyl (C=O) groups excluding carboxylic acids is 1. The third-order valence-electron chi connectivity index (χ3n) is 5.75. The quantitative estimate of drug-likeness (QED) is 0.729. The second-order valence-electron chi connectivity index (χ2n) is 6.86. The topological polar surface area (TPSA) is 29.1 Å². The lowest BCUT2D eigenvalue weighted by molar-refractivity contribution is -0.117. The summed E-state index contributed by atoms with van der Waals surface area (Å²) in [7, 11) is 0. The molecule has 0 radical (unpaired) electrons. The molecular formula is C17H18Cl3NO. The normalized spacial score (nSPS) is 38.0. The summed E-state index contributed by atoms with van der Waals surface area (Å²) >= 11 is 18.7. The van der Waals surface area contributed by atoms with Crippen molar-refractivity contribution in [1.82, 2.24) is 0 Å². The van der Waals surface area contributed by atoms with Crippen LogP contribution in [0.25, 0.3) is 0 Å². The number of anilines is 1. The van der Waals surface area contributed by atoms with Crippen molar-refractivity contribution < 1.29 is 4.79 Å². The lowest BCUT2D eigenvalue weighted by Gasteiger charge is -2.07. The molecule has 3 saturated carbocycles.